The molecule has 0 aliphatic rings. The van der Waals surface area contributed by atoms with Gasteiger partial charge >= 0.3 is 0 Å². The Balaban J connectivity index is 2.61. The van der Waals surface area contributed by atoms with Crippen LogP contribution in [0.1, 0.15) is 52.0 Å². The molecule has 0 saturated heterocycles. The Morgan fingerprint density at radius 2 is 2.00 bits per heavy atom. The van der Waals surface area contributed by atoms with Crippen LogP contribution in [0.5, 0.6) is 5.75 Å². The summed E-state index contributed by atoms with van der Waals surface area (Å²) in [7, 11) is 1.67. The Morgan fingerprint density at radius 1 is 1.30 bits per heavy atom. The molecule has 2 unspecified atom stereocenters. The summed E-state index contributed by atoms with van der Waals surface area (Å²) in [6.07, 6.45) is 1.05. The van der Waals surface area contributed by atoms with E-state index in [1.54, 1.807) is 7.11 Å². The summed E-state index contributed by atoms with van der Waals surface area (Å²) in [6.45, 7) is 8.67. The molecule has 1 aromatic carbocycles. The lowest BCUT2D eigenvalue weighted by Crippen LogP contribution is -2.23. The van der Waals surface area contributed by atoms with Gasteiger partial charge in [0.2, 0.25) is 0 Å². The first-order valence-corrected chi connectivity index (χ1v) is 7.31. The van der Waals surface area contributed by atoms with E-state index in [1.807, 2.05) is 12.1 Å². The SMILES string of the molecule is CCC(C)C(N)c1nc2cc(OC)ccc2n1C(C)C. The summed E-state index contributed by atoms with van der Waals surface area (Å²) in [6, 6.07) is 6.30. The summed E-state index contributed by atoms with van der Waals surface area (Å²) in [5.74, 6) is 2.21. The van der Waals surface area contributed by atoms with Crippen molar-refractivity contribution in [2.45, 2.75) is 46.2 Å². The van der Waals surface area contributed by atoms with Crippen LogP contribution in [-0.4, -0.2) is 16.7 Å². The number of methoxy groups -OCH3 is 1. The smallest absolute Gasteiger partial charge is 0.127 e. The van der Waals surface area contributed by atoms with Gasteiger partial charge in [0.1, 0.15) is 11.6 Å². The van der Waals surface area contributed by atoms with Crippen molar-refractivity contribution in [3.8, 4) is 5.75 Å². The van der Waals surface area contributed by atoms with Gasteiger partial charge in [0.15, 0.2) is 0 Å². The second-order valence-corrected chi connectivity index (χ2v) is 5.70. The van der Waals surface area contributed by atoms with Crippen LogP contribution in [0.2, 0.25) is 0 Å². The minimum absolute atomic E-state index is 0.0409. The van der Waals surface area contributed by atoms with Crippen molar-refractivity contribution in [3.63, 3.8) is 0 Å². The fraction of sp³-hybridized carbons (Fsp3) is 0.562. The number of hydrogen-bond donors (Lipinski definition) is 1. The molecule has 0 saturated carbocycles. The Morgan fingerprint density at radius 3 is 2.55 bits per heavy atom. The number of imidazole rings is 1. The fourth-order valence-electron chi connectivity index (χ4n) is 2.51. The normalized spacial score (nSPS) is 14.8. The third-order valence-corrected chi connectivity index (χ3v) is 4.00. The molecule has 0 fully saturated rings. The summed E-state index contributed by atoms with van der Waals surface area (Å²) in [5.41, 5.74) is 8.48. The van der Waals surface area contributed by atoms with Crippen LogP contribution in [0.3, 0.4) is 0 Å². The molecule has 2 N–H and O–H groups in total. The van der Waals surface area contributed by atoms with E-state index in [1.165, 1.54) is 0 Å². The Bertz CT molecular complexity index is 589. The second-order valence-electron chi connectivity index (χ2n) is 5.70. The van der Waals surface area contributed by atoms with Crippen LogP contribution in [0.25, 0.3) is 11.0 Å². The molecule has 2 aromatic rings. The van der Waals surface area contributed by atoms with Gasteiger partial charge in [-0.1, -0.05) is 20.3 Å². The highest BCUT2D eigenvalue weighted by Crippen LogP contribution is 2.30. The number of aromatic nitrogens is 2. The number of fused-ring (bicyclic) bond motifs is 1. The molecular weight excluding hydrogens is 250 g/mol. The molecule has 0 spiro atoms. The molecule has 1 heterocycles. The highest BCUT2D eigenvalue weighted by Gasteiger charge is 2.22. The summed E-state index contributed by atoms with van der Waals surface area (Å²) >= 11 is 0. The van der Waals surface area contributed by atoms with Gasteiger partial charge in [0.05, 0.1) is 24.2 Å². The summed E-state index contributed by atoms with van der Waals surface area (Å²) in [5, 5.41) is 0. The lowest BCUT2D eigenvalue weighted by atomic mass is 9.99. The van der Waals surface area contributed by atoms with Crippen molar-refractivity contribution < 1.29 is 4.74 Å². The monoisotopic (exact) mass is 275 g/mol. The molecule has 0 bridgehead atoms. The lowest BCUT2D eigenvalue weighted by Gasteiger charge is -2.21. The minimum atomic E-state index is -0.0409. The van der Waals surface area contributed by atoms with Crippen molar-refractivity contribution >= 4 is 11.0 Å². The quantitative estimate of drug-likeness (QED) is 0.905. The maximum Gasteiger partial charge on any atom is 0.127 e. The lowest BCUT2D eigenvalue weighted by molar-refractivity contribution is 0.415. The van der Waals surface area contributed by atoms with Gasteiger partial charge < -0.3 is 15.0 Å². The highest BCUT2D eigenvalue weighted by molar-refractivity contribution is 5.78. The Labute approximate surface area is 120 Å². The number of benzene rings is 1. The van der Waals surface area contributed by atoms with Crippen LogP contribution in [0, 0.1) is 5.92 Å². The first-order valence-electron chi connectivity index (χ1n) is 7.31. The summed E-state index contributed by atoms with van der Waals surface area (Å²) < 4.78 is 7.52. The molecule has 20 heavy (non-hydrogen) atoms. The van der Waals surface area contributed by atoms with Gasteiger partial charge in [-0.3, -0.25) is 0 Å². The molecule has 0 radical (unpaired) electrons. The average molecular weight is 275 g/mol. The van der Waals surface area contributed by atoms with E-state index in [4.69, 9.17) is 15.5 Å². The number of nitrogens with two attached hydrogens (primary N) is 1. The topological polar surface area (TPSA) is 53.1 Å². The molecule has 4 nitrogen and oxygen atoms in total. The van der Waals surface area contributed by atoms with Crippen LogP contribution in [0.4, 0.5) is 0 Å². The first kappa shape index (κ1) is 14.9. The molecule has 110 valence electrons. The van der Waals surface area contributed by atoms with Crippen molar-refractivity contribution in [2.24, 2.45) is 11.7 Å². The molecule has 0 aliphatic carbocycles. The van der Waals surface area contributed by atoms with Crippen LogP contribution in [0.15, 0.2) is 18.2 Å². The van der Waals surface area contributed by atoms with Gasteiger partial charge in [0, 0.05) is 12.1 Å². The van der Waals surface area contributed by atoms with Crippen molar-refractivity contribution in [3.05, 3.63) is 24.0 Å². The van der Waals surface area contributed by atoms with Crippen molar-refractivity contribution in [2.75, 3.05) is 7.11 Å². The minimum Gasteiger partial charge on any atom is -0.497 e. The van der Waals surface area contributed by atoms with Gasteiger partial charge in [-0.05, 0) is 31.9 Å². The highest BCUT2D eigenvalue weighted by atomic mass is 16.5. The van der Waals surface area contributed by atoms with E-state index in [0.717, 1.165) is 29.0 Å². The predicted molar refractivity (Wildman–Crippen MR) is 83.1 cm³/mol. The van der Waals surface area contributed by atoms with Gasteiger partial charge in [0.25, 0.3) is 0 Å². The van der Waals surface area contributed by atoms with Gasteiger partial charge in [-0.15, -0.1) is 0 Å². The first-order chi connectivity index (χ1) is 9.49. The molecule has 2 rings (SSSR count). The van der Waals surface area contributed by atoms with Crippen molar-refractivity contribution in [1.82, 2.24) is 9.55 Å². The molecule has 0 amide bonds. The number of ether oxygens (including phenoxy) is 1. The van der Waals surface area contributed by atoms with E-state index in [0.29, 0.717) is 12.0 Å². The molecule has 0 aliphatic heterocycles. The third-order valence-electron chi connectivity index (χ3n) is 4.00. The zero-order valence-corrected chi connectivity index (χ0v) is 13.1. The van der Waals surface area contributed by atoms with E-state index >= 15 is 0 Å². The largest absolute Gasteiger partial charge is 0.497 e. The van der Waals surface area contributed by atoms with Gasteiger partial charge in [-0.2, -0.15) is 0 Å². The maximum absolute atomic E-state index is 6.41. The second kappa shape index (κ2) is 5.83. The average Bonchev–Trinajstić information content (AvgIpc) is 2.83. The molecule has 1 aromatic heterocycles. The van der Waals surface area contributed by atoms with E-state index in [9.17, 15) is 0 Å². The standard InChI is InChI=1S/C16H25N3O/c1-6-11(4)15(17)16-18-13-9-12(20-5)7-8-14(13)19(16)10(2)3/h7-11,15H,6,17H2,1-5H3. The van der Waals surface area contributed by atoms with Crippen molar-refractivity contribution in [1.29, 1.82) is 0 Å². The van der Waals surface area contributed by atoms with Crippen LogP contribution in [-0.2, 0) is 0 Å². The van der Waals surface area contributed by atoms with Crippen LogP contribution >= 0.6 is 0 Å². The fourth-order valence-corrected chi connectivity index (χ4v) is 2.51. The van der Waals surface area contributed by atoms with Gasteiger partial charge in [-0.25, -0.2) is 4.98 Å². The zero-order valence-electron chi connectivity index (χ0n) is 13.1. The number of hydrogen-bond acceptors (Lipinski definition) is 3. The molecule has 2 atom stereocenters. The maximum atomic E-state index is 6.41. The summed E-state index contributed by atoms with van der Waals surface area (Å²) in [4.78, 5) is 4.77. The van der Waals surface area contributed by atoms with Crippen LogP contribution < -0.4 is 10.5 Å². The molecular formula is C16H25N3O. The van der Waals surface area contributed by atoms with E-state index < -0.39 is 0 Å². The Kier molecular flexibility index (Phi) is 4.33. The predicted octanol–water partition coefficient (Wildman–Crippen LogP) is 3.67. The van der Waals surface area contributed by atoms with E-state index in [-0.39, 0.29) is 6.04 Å². The zero-order chi connectivity index (χ0) is 14.9. The number of rotatable bonds is 5. The van der Waals surface area contributed by atoms with E-state index in [2.05, 4.69) is 38.3 Å². The number of nitrogens with zero attached hydrogens (tertiary/aromatic N) is 2. The Hall–Kier alpha value is -1.55. The molecule has 4 heteroatoms. The third kappa shape index (κ3) is 2.52.